The van der Waals surface area contributed by atoms with Gasteiger partial charge in [0, 0.05) is 22.6 Å². The number of nitrogens with one attached hydrogen (secondary N) is 2. The van der Waals surface area contributed by atoms with Crippen LogP contribution in [-0.4, -0.2) is 15.9 Å². The van der Waals surface area contributed by atoms with Crippen molar-refractivity contribution in [2.75, 3.05) is 5.32 Å². The third-order valence-corrected chi connectivity index (χ3v) is 6.75. The molecule has 2 N–H and O–H groups in total. The predicted octanol–water partition coefficient (Wildman–Crippen LogP) is 4.81. The van der Waals surface area contributed by atoms with Gasteiger partial charge in [-0.2, -0.15) is 5.26 Å². The van der Waals surface area contributed by atoms with Crippen LogP contribution in [-0.2, 0) is 12.8 Å². The lowest BCUT2D eigenvalue weighted by atomic mass is 9.72. The molecule has 1 aliphatic carbocycles. The van der Waals surface area contributed by atoms with Crippen LogP contribution in [0.5, 0.6) is 0 Å². The van der Waals surface area contributed by atoms with Gasteiger partial charge < -0.3 is 5.32 Å². The topological polar surface area (TPSA) is 108 Å². The molecule has 3 rings (SSSR count). The molecule has 1 aromatic heterocycles. The number of rotatable bonds is 3. The molecule has 1 aromatic carbocycles. The number of carbonyl (C=O) groups excluding carboxylic acids is 1. The molecule has 1 amide bonds. The van der Waals surface area contributed by atoms with Gasteiger partial charge in [0.1, 0.15) is 11.1 Å². The number of anilines is 1. The maximum Gasteiger partial charge on any atom is 0.270 e. The van der Waals surface area contributed by atoms with E-state index in [4.69, 9.17) is 12.2 Å². The molecule has 1 heterocycles. The molecule has 30 heavy (non-hydrogen) atoms. The SMILES string of the molecule is CC(C)(C)[C@H]1CCc2c(sc(NC(=S)NC(=O)c3cccc([N+](=O)[O-])c3)c2C#N)C1. The van der Waals surface area contributed by atoms with Gasteiger partial charge in [-0.25, -0.2) is 0 Å². The quantitative estimate of drug-likeness (QED) is 0.401. The predicted molar refractivity (Wildman–Crippen MR) is 121 cm³/mol. The largest absolute Gasteiger partial charge is 0.323 e. The molecule has 1 atom stereocenters. The van der Waals surface area contributed by atoms with Crippen molar-refractivity contribution in [1.82, 2.24) is 5.32 Å². The van der Waals surface area contributed by atoms with E-state index in [1.165, 1.54) is 40.5 Å². The van der Waals surface area contributed by atoms with Crippen LogP contribution in [0.15, 0.2) is 24.3 Å². The summed E-state index contributed by atoms with van der Waals surface area (Å²) in [6.07, 6.45) is 2.81. The van der Waals surface area contributed by atoms with Crippen LogP contribution in [0.3, 0.4) is 0 Å². The Hall–Kier alpha value is -2.83. The molecule has 2 aromatic rings. The number of carbonyl (C=O) groups is 1. The lowest BCUT2D eigenvalue weighted by molar-refractivity contribution is -0.384. The summed E-state index contributed by atoms with van der Waals surface area (Å²) in [7, 11) is 0. The summed E-state index contributed by atoms with van der Waals surface area (Å²) < 4.78 is 0. The van der Waals surface area contributed by atoms with E-state index in [9.17, 15) is 20.2 Å². The number of nitrogens with zero attached hydrogens (tertiary/aromatic N) is 2. The number of nitriles is 1. The molecule has 1 aliphatic rings. The molecule has 9 heteroatoms. The lowest BCUT2D eigenvalue weighted by Crippen LogP contribution is -2.34. The van der Waals surface area contributed by atoms with E-state index < -0.39 is 10.8 Å². The average molecular weight is 443 g/mol. The maximum absolute atomic E-state index is 12.4. The van der Waals surface area contributed by atoms with Crippen molar-refractivity contribution in [3.8, 4) is 6.07 Å². The highest BCUT2D eigenvalue weighted by Crippen LogP contribution is 2.43. The van der Waals surface area contributed by atoms with Crippen LogP contribution >= 0.6 is 23.6 Å². The third kappa shape index (κ3) is 4.66. The first-order valence-electron chi connectivity index (χ1n) is 9.51. The van der Waals surface area contributed by atoms with Gasteiger partial charge in [-0.05, 0) is 54.4 Å². The fourth-order valence-corrected chi connectivity index (χ4v) is 5.14. The van der Waals surface area contributed by atoms with Crippen molar-refractivity contribution < 1.29 is 9.72 Å². The number of fused-ring (bicyclic) bond motifs is 1. The van der Waals surface area contributed by atoms with E-state index in [0.717, 1.165) is 24.8 Å². The number of nitro groups is 1. The van der Waals surface area contributed by atoms with Gasteiger partial charge in [0.15, 0.2) is 5.11 Å². The molecule has 0 fully saturated rings. The molecular weight excluding hydrogens is 420 g/mol. The molecule has 0 aliphatic heterocycles. The van der Waals surface area contributed by atoms with Crippen LogP contribution in [0.2, 0.25) is 0 Å². The van der Waals surface area contributed by atoms with E-state index in [1.807, 2.05) is 0 Å². The number of nitro benzene ring substituents is 1. The molecule has 7 nitrogen and oxygen atoms in total. The molecular formula is C21H22N4O3S2. The summed E-state index contributed by atoms with van der Waals surface area (Å²) in [6, 6.07) is 7.69. The van der Waals surface area contributed by atoms with Crippen LogP contribution < -0.4 is 10.6 Å². The van der Waals surface area contributed by atoms with Crippen molar-refractivity contribution in [3.63, 3.8) is 0 Å². The van der Waals surface area contributed by atoms with Crippen LogP contribution in [0, 0.1) is 32.8 Å². The number of hydrogen-bond donors (Lipinski definition) is 2. The second-order valence-electron chi connectivity index (χ2n) is 8.34. The molecule has 0 unspecified atom stereocenters. The Morgan fingerprint density at radius 2 is 2.13 bits per heavy atom. The zero-order valence-corrected chi connectivity index (χ0v) is 18.6. The summed E-state index contributed by atoms with van der Waals surface area (Å²) in [6.45, 7) is 6.71. The van der Waals surface area contributed by atoms with Gasteiger partial charge in [0.2, 0.25) is 0 Å². The molecule has 156 valence electrons. The second kappa shape index (κ2) is 8.50. The number of thiophene rings is 1. The van der Waals surface area contributed by atoms with E-state index in [-0.39, 0.29) is 21.8 Å². The van der Waals surface area contributed by atoms with Crippen molar-refractivity contribution in [2.45, 2.75) is 40.0 Å². The fourth-order valence-electron chi connectivity index (χ4n) is 3.60. The highest BCUT2D eigenvalue weighted by atomic mass is 32.1. The summed E-state index contributed by atoms with van der Waals surface area (Å²) in [5.74, 6) is -0.00704. The fraction of sp³-hybridized carbons (Fsp3) is 0.381. The summed E-state index contributed by atoms with van der Waals surface area (Å²) in [5.41, 5.74) is 1.80. The normalized spacial score (nSPS) is 15.6. The smallest absolute Gasteiger partial charge is 0.270 e. The minimum absolute atomic E-state index is 0.0500. The van der Waals surface area contributed by atoms with E-state index >= 15 is 0 Å². The number of amides is 1. The minimum Gasteiger partial charge on any atom is -0.323 e. The minimum atomic E-state index is -0.562. The Balaban J connectivity index is 1.74. The van der Waals surface area contributed by atoms with Gasteiger partial charge in [-0.1, -0.05) is 26.8 Å². The Bertz CT molecular complexity index is 1060. The van der Waals surface area contributed by atoms with Gasteiger partial charge in [-0.3, -0.25) is 20.2 Å². The molecule has 0 saturated heterocycles. The van der Waals surface area contributed by atoms with Crippen molar-refractivity contribution in [2.24, 2.45) is 11.3 Å². The first kappa shape index (κ1) is 21.9. The highest BCUT2D eigenvalue weighted by molar-refractivity contribution is 7.80. The highest BCUT2D eigenvalue weighted by Gasteiger charge is 2.32. The van der Waals surface area contributed by atoms with Gasteiger partial charge >= 0.3 is 0 Å². The standard InChI is InChI=1S/C21H22N4O3S2/c1-21(2,3)13-7-8-15-16(11-22)19(30-17(15)10-13)24-20(29)23-18(26)12-5-4-6-14(9-12)25(27)28/h4-6,9,13H,7-8,10H2,1-3H3,(H2,23,24,26,29)/t13-/m0/s1. The number of hydrogen-bond acceptors (Lipinski definition) is 6. The Morgan fingerprint density at radius 1 is 1.40 bits per heavy atom. The first-order valence-corrected chi connectivity index (χ1v) is 10.7. The zero-order valence-electron chi connectivity index (χ0n) is 16.9. The Labute approximate surface area is 184 Å². The number of non-ortho nitro benzene ring substituents is 1. The van der Waals surface area contributed by atoms with Crippen LogP contribution in [0.25, 0.3) is 0 Å². The van der Waals surface area contributed by atoms with Crippen molar-refractivity contribution in [1.29, 1.82) is 5.26 Å². The monoisotopic (exact) mass is 442 g/mol. The van der Waals surface area contributed by atoms with Crippen molar-refractivity contribution in [3.05, 3.63) is 55.9 Å². The number of benzene rings is 1. The van der Waals surface area contributed by atoms with Crippen molar-refractivity contribution >= 4 is 45.3 Å². The Morgan fingerprint density at radius 3 is 2.77 bits per heavy atom. The van der Waals surface area contributed by atoms with E-state index in [0.29, 0.717) is 16.5 Å². The molecule has 0 saturated carbocycles. The van der Waals surface area contributed by atoms with Crippen LogP contribution in [0.1, 0.15) is 53.6 Å². The van der Waals surface area contributed by atoms with Gasteiger partial charge in [0.25, 0.3) is 11.6 Å². The molecule has 0 radical (unpaired) electrons. The van der Waals surface area contributed by atoms with E-state index in [2.05, 4.69) is 37.5 Å². The summed E-state index contributed by atoms with van der Waals surface area (Å²) in [5, 5.41) is 26.7. The lowest BCUT2D eigenvalue weighted by Gasteiger charge is -2.33. The van der Waals surface area contributed by atoms with Gasteiger partial charge in [0.05, 0.1) is 10.5 Å². The molecule has 0 bridgehead atoms. The van der Waals surface area contributed by atoms with Gasteiger partial charge in [-0.15, -0.1) is 11.3 Å². The number of thiocarbonyl (C=S) groups is 1. The zero-order chi connectivity index (χ0) is 22.1. The third-order valence-electron chi connectivity index (χ3n) is 5.38. The summed E-state index contributed by atoms with van der Waals surface area (Å²) >= 11 is 6.75. The van der Waals surface area contributed by atoms with E-state index in [1.54, 1.807) is 0 Å². The Kier molecular flexibility index (Phi) is 6.19. The first-order chi connectivity index (χ1) is 14.1. The maximum atomic E-state index is 12.4. The van der Waals surface area contributed by atoms with Crippen LogP contribution in [0.4, 0.5) is 10.7 Å². The second-order valence-corrected chi connectivity index (χ2v) is 9.85. The summed E-state index contributed by atoms with van der Waals surface area (Å²) in [4.78, 5) is 23.9. The molecule has 0 spiro atoms. The average Bonchev–Trinajstić information content (AvgIpc) is 3.03.